The van der Waals surface area contributed by atoms with Gasteiger partial charge in [0.1, 0.15) is 6.54 Å². The third-order valence-corrected chi connectivity index (χ3v) is 5.84. The summed E-state index contributed by atoms with van der Waals surface area (Å²) in [6.45, 7) is 4.03. The maximum absolute atomic E-state index is 12.5. The predicted octanol–water partition coefficient (Wildman–Crippen LogP) is 3.74. The molecule has 9 heteroatoms. The standard InChI is InChI=1S/C21H22IN5O2S/c1-13-6-4-5-7-16(13)20(29)23-11-18-25-27(21(30)26(18)3)12-19(28)24-17-9-8-15(22)10-14(17)2/h4-10H,11-12H2,1-3H3,(H,23,29)(H,24,28). The molecule has 0 aliphatic carbocycles. The molecule has 0 aliphatic heterocycles. The Morgan fingerprint density at radius 1 is 1.13 bits per heavy atom. The summed E-state index contributed by atoms with van der Waals surface area (Å²) in [7, 11) is 1.77. The van der Waals surface area contributed by atoms with Crippen molar-refractivity contribution in [3.8, 4) is 0 Å². The average molecular weight is 535 g/mol. The van der Waals surface area contributed by atoms with Gasteiger partial charge in [0.25, 0.3) is 5.91 Å². The Labute approximate surface area is 193 Å². The number of anilines is 1. The van der Waals surface area contributed by atoms with Crippen LogP contribution in [0.4, 0.5) is 5.69 Å². The van der Waals surface area contributed by atoms with Crippen LogP contribution in [0.25, 0.3) is 0 Å². The maximum Gasteiger partial charge on any atom is 0.251 e. The van der Waals surface area contributed by atoms with E-state index in [4.69, 9.17) is 12.2 Å². The summed E-state index contributed by atoms with van der Waals surface area (Å²) in [5, 5.41) is 10.2. The molecular weight excluding hydrogens is 513 g/mol. The van der Waals surface area contributed by atoms with Crippen molar-refractivity contribution in [1.82, 2.24) is 19.7 Å². The number of hydrogen-bond donors (Lipinski definition) is 2. The molecule has 156 valence electrons. The zero-order chi connectivity index (χ0) is 21.8. The number of halogens is 1. The lowest BCUT2D eigenvalue weighted by molar-refractivity contribution is -0.116. The van der Waals surface area contributed by atoms with Gasteiger partial charge in [-0.3, -0.25) is 9.59 Å². The van der Waals surface area contributed by atoms with E-state index in [1.165, 1.54) is 4.68 Å². The summed E-state index contributed by atoms with van der Waals surface area (Å²) in [6.07, 6.45) is 0. The molecule has 0 aliphatic rings. The topological polar surface area (TPSA) is 81.0 Å². The van der Waals surface area contributed by atoms with Crippen LogP contribution in [0.2, 0.25) is 0 Å². The molecule has 0 spiro atoms. The second-order valence-electron chi connectivity index (χ2n) is 6.92. The molecule has 0 saturated carbocycles. The van der Waals surface area contributed by atoms with E-state index in [0.29, 0.717) is 16.2 Å². The van der Waals surface area contributed by atoms with Gasteiger partial charge in [-0.1, -0.05) is 18.2 Å². The van der Waals surface area contributed by atoms with Crippen molar-refractivity contribution in [2.75, 3.05) is 5.32 Å². The van der Waals surface area contributed by atoms with Crippen LogP contribution in [0.5, 0.6) is 0 Å². The first-order valence-corrected chi connectivity index (χ1v) is 10.8. The zero-order valence-electron chi connectivity index (χ0n) is 16.9. The molecule has 0 saturated heterocycles. The van der Waals surface area contributed by atoms with Gasteiger partial charge in [-0.25, -0.2) is 4.68 Å². The molecule has 1 heterocycles. The van der Waals surface area contributed by atoms with Crippen molar-refractivity contribution in [2.45, 2.75) is 26.9 Å². The van der Waals surface area contributed by atoms with E-state index in [0.717, 1.165) is 20.4 Å². The number of hydrogen-bond acceptors (Lipinski definition) is 4. The number of amides is 2. The number of aryl methyl sites for hydroxylation is 2. The van der Waals surface area contributed by atoms with Crippen LogP contribution >= 0.6 is 34.8 Å². The van der Waals surface area contributed by atoms with Crippen molar-refractivity contribution in [3.05, 3.63) is 73.3 Å². The maximum atomic E-state index is 12.5. The fourth-order valence-electron chi connectivity index (χ4n) is 2.96. The monoisotopic (exact) mass is 535 g/mol. The molecule has 1 aromatic heterocycles. The van der Waals surface area contributed by atoms with E-state index in [1.807, 2.05) is 50.2 Å². The van der Waals surface area contributed by atoms with Gasteiger partial charge < -0.3 is 15.2 Å². The van der Waals surface area contributed by atoms with Gasteiger partial charge in [0.05, 0.1) is 6.54 Å². The molecule has 0 radical (unpaired) electrons. The van der Waals surface area contributed by atoms with Gasteiger partial charge in [0.15, 0.2) is 10.6 Å². The molecule has 3 aromatic rings. The zero-order valence-corrected chi connectivity index (χ0v) is 19.9. The van der Waals surface area contributed by atoms with Crippen LogP contribution in [0.1, 0.15) is 27.3 Å². The fraction of sp³-hybridized carbons (Fsp3) is 0.238. The van der Waals surface area contributed by atoms with Crippen molar-refractivity contribution < 1.29 is 9.59 Å². The molecular formula is C21H22IN5O2S. The van der Waals surface area contributed by atoms with Gasteiger partial charge in [-0.2, -0.15) is 5.10 Å². The lowest BCUT2D eigenvalue weighted by Crippen LogP contribution is -2.25. The van der Waals surface area contributed by atoms with E-state index < -0.39 is 0 Å². The average Bonchev–Trinajstić information content (AvgIpc) is 2.96. The van der Waals surface area contributed by atoms with Gasteiger partial charge in [0.2, 0.25) is 5.91 Å². The second-order valence-corrected chi connectivity index (χ2v) is 8.53. The highest BCUT2D eigenvalue weighted by molar-refractivity contribution is 14.1. The number of aromatic nitrogens is 3. The van der Waals surface area contributed by atoms with Crippen LogP contribution in [-0.4, -0.2) is 26.2 Å². The molecule has 3 rings (SSSR count). The molecule has 2 aromatic carbocycles. The fourth-order valence-corrected chi connectivity index (χ4v) is 3.82. The number of carbonyl (C=O) groups is 2. The van der Waals surface area contributed by atoms with E-state index >= 15 is 0 Å². The van der Waals surface area contributed by atoms with Gasteiger partial charge in [-0.05, 0) is 84.0 Å². The van der Waals surface area contributed by atoms with E-state index in [-0.39, 0.29) is 24.9 Å². The molecule has 0 unspecified atom stereocenters. The normalized spacial score (nSPS) is 10.7. The minimum absolute atomic E-state index is 0.0101. The van der Waals surface area contributed by atoms with Crippen LogP contribution in [0.3, 0.4) is 0 Å². The molecule has 30 heavy (non-hydrogen) atoms. The summed E-state index contributed by atoms with van der Waals surface area (Å²) < 4.78 is 4.66. The first-order valence-electron chi connectivity index (χ1n) is 9.29. The van der Waals surface area contributed by atoms with Crippen LogP contribution < -0.4 is 10.6 Å². The van der Waals surface area contributed by atoms with Crippen molar-refractivity contribution in [1.29, 1.82) is 0 Å². The van der Waals surface area contributed by atoms with Crippen LogP contribution in [-0.2, 0) is 24.9 Å². The quantitative estimate of drug-likeness (QED) is 0.373. The lowest BCUT2D eigenvalue weighted by Gasteiger charge is -2.08. The van der Waals surface area contributed by atoms with E-state index in [2.05, 4.69) is 38.3 Å². The molecule has 7 nitrogen and oxygen atoms in total. The van der Waals surface area contributed by atoms with Crippen LogP contribution in [0.15, 0.2) is 42.5 Å². The summed E-state index contributed by atoms with van der Waals surface area (Å²) in [5.74, 6) is 0.171. The van der Waals surface area contributed by atoms with Gasteiger partial charge in [-0.15, -0.1) is 0 Å². The number of carbonyl (C=O) groups excluding carboxylic acids is 2. The summed E-state index contributed by atoms with van der Waals surface area (Å²) >= 11 is 7.63. The molecule has 0 bridgehead atoms. The molecule has 2 N–H and O–H groups in total. The first-order chi connectivity index (χ1) is 14.3. The number of nitrogens with one attached hydrogen (secondary N) is 2. The Kier molecular flexibility index (Phi) is 7.03. The van der Waals surface area contributed by atoms with E-state index in [1.54, 1.807) is 17.7 Å². The molecule has 2 amide bonds. The smallest absolute Gasteiger partial charge is 0.251 e. The molecule has 0 atom stereocenters. The number of nitrogens with zero attached hydrogens (tertiary/aromatic N) is 3. The Morgan fingerprint density at radius 2 is 1.87 bits per heavy atom. The minimum atomic E-state index is -0.219. The Balaban J connectivity index is 1.67. The highest BCUT2D eigenvalue weighted by atomic mass is 127. The first kappa shape index (κ1) is 22.2. The lowest BCUT2D eigenvalue weighted by atomic mass is 10.1. The SMILES string of the molecule is Cc1cc(I)ccc1NC(=O)Cn1nc(CNC(=O)c2ccccc2C)n(C)c1=S. The Hall–Kier alpha value is -2.53. The van der Waals surface area contributed by atoms with Crippen molar-refractivity contribution in [2.24, 2.45) is 7.05 Å². The third kappa shape index (κ3) is 5.14. The Bertz CT molecular complexity index is 1170. The van der Waals surface area contributed by atoms with Gasteiger partial charge in [0, 0.05) is 21.9 Å². The second kappa shape index (κ2) is 9.52. The predicted molar refractivity (Wildman–Crippen MR) is 127 cm³/mol. The van der Waals surface area contributed by atoms with Crippen molar-refractivity contribution in [3.63, 3.8) is 0 Å². The highest BCUT2D eigenvalue weighted by Crippen LogP contribution is 2.17. The summed E-state index contributed by atoms with van der Waals surface area (Å²) in [5.41, 5.74) is 3.26. The largest absolute Gasteiger partial charge is 0.345 e. The minimum Gasteiger partial charge on any atom is -0.345 e. The van der Waals surface area contributed by atoms with Gasteiger partial charge >= 0.3 is 0 Å². The van der Waals surface area contributed by atoms with E-state index in [9.17, 15) is 9.59 Å². The number of rotatable bonds is 6. The highest BCUT2D eigenvalue weighted by Gasteiger charge is 2.14. The summed E-state index contributed by atoms with van der Waals surface area (Å²) in [4.78, 5) is 24.9. The number of benzene rings is 2. The summed E-state index contributed by atoms with van der Waals surface area (Å²) in [6, 6.07) is 13.2. The van der Waals surface area contributed by atoms with Crippen molar-refractivity contribution >= 4 is 52.3 Å². The van der Waals surface area contributed by atoms with Crippen LogP contribution in [0, 0.1) is 22.2 Å². The Morgan fingerprint density at radius 3 is 2.57 bits per heavy atom. The molecule has 0 fully saturated rings. The third-order valence-electron chi connectivity index (χ3n) is 4.68.